The van der Waals surface area contributed by atoms with Crippen molar-refractivity contribution in [3.05, 3.63) is 70.0 Å². The summed E-state index contributed by atoms with van der Waals surface area (Å²) in [6.45, 7) is 0. The molecule has 0 saturated heterocycles. The molecule has 0 aliphatic heterocycles. The highest BCUT2D eigenvalue weighted by atomic mass is 35.5. The van der Waals surface area contributed by atoms with Crippen molar-refractivity contribution in [1.82, 2.24) is 0 Å². The third kappa shape index (κ3) is 3.95. The van der Waals surface area contributed by atoms with Gasteiger partial charge in [0.15, 0.2) is 0 Å². The third-order valence-electron chi connectivity index (χ3n) is 3.00. The predicted molar refractivity (Wildman–Crippen MR) is 71.5 cm³/mol. The fourth-order valence-electron chi connectivity index (χ4n) is 1.98. The van der Waals surface area contributed by atoms with Gasteiger partial charge in [-0.15, -0.1) is 0 Å². The van der Waals surface area contributed by atoms with Crippen LogP contribution in [0.2, 0.25) is 5.02 Å². The van der Waals surface area contributed by atoms with E-state index in [1.165, 1.54) is 18.2 Å². The van der Waals surface area contributed by atoms with Crippen molar-refractivity contribution in [3.63, 3.8) is 0 Å². The minimum Gasteiger partial charge on any atom is -0.388 e. The van der Waals surface area contributed by atoms with Crippen LogP contribution in [0.4, 0.5) is 17.6 Å². The van der Waals surface area contributed by atoms with Crippen LogP contribution in [0.5, 0.6) is 0 Å². The highest BCUT2D eigenvalue weighted by molar-refractivity contribution is 6.31. The molecule has 1 nitrogen and oxygen atoms in total. The monoisotopic (exact) mass is 318 g/mol. The van der Waals surface area contributed by atoms with E-state index in [2.05, 4.69) is 0 Å². The standard InChI is InChI=1S/C15H11ClF4O/c16-13-8-11(17)4-5-12(13)14(21)7-9-2-1-3-10(6-9)15(18,19)20/h1-6,8,14,21H,7H2. The zero-order chi connectivity index (χ0) is 15.6. The number of halogens is 5. The van der Waals surface area contributed by atoms with E-state index in [9.17, 15) is 22.7 Å². The lowest BCUT2D eigenvalue weighted by Crippen LogP contribution is -2.07. The number of alkyl halides is 3. The van der Waals surface area contributed by atoms with Crippen LogP contribution in [0.3, 0.4) is 0 Å². The smallest absolute Gasteiger partial charge is 0.388 e. The number of hydrogen-bond donors (Lipinski definition) is 1. The van der Waals surface area contributed by atoms with Crippen LogP contribution in [0, 0.1) is 5.82 Å². The molecule has 0 amide bonds. The van der Waals surface area contributed by atoms with Gasteiger partial charge in [-0.1, -0.05) is 35.9 Å². The van der Waals surface area contributed by atoms with Crippen LogP contribution < -0.4 is 0 Å². The van der Waals surface area contributed by atoms with E-state index >= 15 is 0 Å². The van der Waals surface area contributed by atoms with Gasteiger partial charge in [0, 0.05) is 11.4 Å². The Bertz CT molecular complexity index is 640. The molecule has 0 radical (unpaired) electrons. The zero-order valence-electron chi connectivity index (χ0n) is 10.7. The quantitative estimate of drug-likeness (QED) is 0.808. The first kappa shape index (κ1) is 15.8. The van der Waals surface area contributed by atoms with Gasteiger partial charge in [0.25, 0.3) is 0 Å². The summed E-state index contributed by atoms with van der Waals surface area (Å²) in [5.41, 5.74) is -0.189. The molecule has 0 aliphatic carbocycles. The summed E-state index contributed by atoms with van der Waals surface area (Å²) in [4.78, 5) is 0. The van der Waals surface area contributed by atoms with Crippen LogP contribution in [-0.2, 0) is 12.6 Å². The van der Waals surface area contributed by atoms with Gasteiger partial charge in [-0.25, -0.2) is 4.39 Å². The molecule has 0 spiro atoms. The van der Waals surface area contributed by atoms with E-state index in [0.29, 0.717) is 5.56 Å². The largest absolute Gasteiger partial charge is 0.416 e. The molecule has 1 unspecified atom stereocenters. The molecule has 0 saturated carbocycles. The average Bonchev–Trinajstić information content (AvgIpc) is 2.37. The van der Waals surface area contributed by atoms with Gasteiger partial charge >= 0.3 is 6.18 Å². The van der Waals surface area contributed by atoms with Crippen molar-refractivity contribution in [1.29, 1.82) is 0 Å². The second kappa shape index (κ2) is 6.03. The van der Waals surface area contributed by atoms with Crippen molar-refractivity contribution in [3.8, 4) is 0 Å². The van der Waals surface area contributed by atoms with Gasteiger partial charge in [-0.05, 0) is 29.3 Å². The average molecular weight is 319 g/mol. The molecule has 0 bridgehead atoms. The Morgan fingerprint density at radius 2 is 1.81 bits per heavy atom. The van der Waals surface area contributed by atoms with E-state index in [1.54, 1.807) is 0 Å². The topological polar surface area (TPSA) is 20.2 Å². The van der Waals surface area contributed by atoms with Gasteiger partial charge in [0.1, 0.15) is 5.82 Å². The Kier molecular flexibility index (Phi) is 4.54. The van der Waals surface area contributed by atoms with Gasteiger partial charge in [0.05, 0.1) is 11.7 Å². The Morgan fingerprint density at radius 3 is 2.43 bits per heavy atom. The first-order valence-corrected chi connectivity index (χ1v) is 6.44. The summed E-state index contributed by atoms with van der Waals surface area (Å²) in [6, 6.07) is 8.19. The van der Waals surface area contributed by atoms with E-state index in [1.807, 2.05) is 0 Å². The zero-order valence-corrected chi connectivity index (χ0v) is 11.4. The summed E-state index contributed by atoms with van der Waals surface area (Å²) in [5, 5.41) is 10.1. The number of aliphatic hydroxyl groups is 1. The van der Waals surface area contributed by atoms with Crippen molar-refractivity contribution >= 4 is 11.6 Å². The molecule has 6 heteroatoms. The highest BCUT2D eigenvalue weighted by Gasteiger charge is 2.30. The first-order valence-electron chi connectivity index (χ1n) is 6.06. The third-order valence-corrected chi connectivity index (χ3v) is 3.33. The van der Waals surface area contributed by atoms with Gasteiger partial charge in [0.2, 0.25) is 0 Å². The minimum atomic E-state index is -4.44. The molecule has 2 aromatic carbocycles. The number of hydrogen-bond acceptors (Lipinski definition) is 1. The Morgan fingerprint density at radius 1 is 1.10 bits per heavy atom. The second-order valence-corrected chi connectivity index (χ2v) is 4.99. The van der Waals surface area contributed by atoms with Crippen LogP contribution in [-0.4, -0.2) is 5.11 Å². The van der Waals surface area contributed by atoms with Crippen LogP contribution >= 0.6 is 11.6 Å². The fraction of sp³-hybridized carbons (Fsp3) is 0.200. The van der Waals surface area contributed by atoms with Gasteiger partial charge in [-0.2, -0.15) is 13.2 Å². The molecule has 2 rings (SSSR count). The fourth-order valence-corrected chi connectivity index (χ4v) is 2.27. The lowest BCUT2D eigenvalue weighted by Gasteiger charge is -2.14. The molecular weight excluding hydrogens is 308 g/mol. The Hall–Kier alpha value is -1.59. The lowest BCUT2D eigenvalue weighted by molar-refractivity contribution is -0.137. The lowest BCUT2D eigenvalue weighted by atomic mass is 10.00. The van der Waals surface area contributed by atoms with Crippen molar-refractivity contribution < 1.29 is 22.7 Å². The molecule has 0 aliphatic rings. The van der Waals surface area contributed by atoms with Crippen LogP contribution in [0.1, 0.15) is 22.8 Å². The van der Waals surface area contributed by atoms with Gasteiger partial charge in [-0.3, -0.25) is 0 Å². The van der Waals surface area contributed by atoms with E-state index in [4.69, 9.17) is 11.6 Å². The summed E-state index contributed by atoms with van der Waals surface area (Å²) >= 11 is 5.81. The number of benzene rings is 2. The molecule has 0 fully saturated rings. The van der Waals surface area contributed by atoms with E-state index in [0.717, 1.165) is 24.3 Å². The first-order chi connectivity index (χ1) is 9.77. The maximum absolute atomic E-state index is 12.9. The summed E-state index contributed by atoms with van der Waals surface area (Å²) in [5.74, 6) is -0.546. The normalized spacial score (nSPS) is 13.2. The second-order valence-electron chi connectivity index (χ2n) is 4.58. The summed E-state index contributed by atoms with van der Waals surface area (Å²) < 4.78 is 50.8. The maximum Gasteiger partial charge on any atom is 0.416 e. The molecule has 0 heterocycles. The predicted octanol–water partition coefficient (Wildman–Crippen LogP) is 4.77. The van der Waals surface area contributed by atoms with Crippen molar-refractivity contribution in [2.75, 3.05) is 0 Å². The molecule has 1 N–H and O–H groups in total. The number of rotatable bonds is 3. The Labute approximate surface area is 123 Å². The van der Waals surface area contributed by atoms with Crippen molar-refractivity contribution in [2.24, 2.45) is 0 Å². The molecule has 1 atom stereocenters. The molecule has 21 heavy (non-hydrogen) atoms. The van der Waals surface area contributed by atoms with Crippen molar-refractivity contribution in [2.45, 2.75) is 18.7 Å². The summed E-state index contributed by atoms with van der Waals surface area (Å²) in [7, 11) is 0. The van der Waals surface area contributed by atoms with E-state index < -0.39 is 23.7 Å². The summed E-state index contributed by atoms with van der Waals surface area (Å²) in [6.07, 6.45) is -5.59. The molecule has 2 aromatic rings. The SMILES string of the molecule is OC(Cc1cccc(C(F)(F)F)c1)c1ccc(F)cc1Cl. The van der Waals surface area contributed by atoms with Crippen LogP contribution in [0.25, 0.3) is 0 Å². The highest BCUT2D eigenvalue weighted by Crippen LogP contribution is 2.31. The minimum absolute atomic E-state index is 0.0366. The Balaban J connectivity index is 2.21. The number of aliphatic hydroxyl groups excluding tert-OH is 1. The maximum atomic E-state index is 12.9. The molecule has 112 valence electrons. The molecular formula is C15H11ClF4O. The van der Waals surface area contributed by atoms with Crippen LogP contribution in [0.15, 0.2) is 42.5 Å². The van der Waals surface area contributed by atoms with Gasteiger partial charge < -0.3 is 5.11 Å². The molecule has 0 aromatic heterocycles. The van der Waals surface area contributed by atoms with E-state index in [-0.39, 0.29) is 17.0 Å².